The average Bonchev–Trinajstić information content (AvgIpc) is 2.85. The minimum atomic E-state index is -0.230. The fraction of sp³-hybridized carbons (Fsp3) is 0.647. The number of thiophene rings is 1. The van der Waals surface area contributed by atoms with E-state index in [9.17, 15) is 5.11 Å². The third kappa shape index (κ3) is 2.95. The van der Waals surface area contributed by atoms with Gasteiger partial charge in [0, 0.05) is 10.8 Å². The van der Waals surface area contributed by atoms with Crippen molar-refractivity contribution in [3.8, 4) is 0 Å². The van der Waals surface area contributed by atoms with E-state index in [-0.39, 0.29) is 6.10 Å². The zero-order valence-corrected chi connectivity index (χ0v) is 12.4. The molecule has 0 saturated carbocycles. The van der Waals surface area contributed by atoms with E-state index in [0.717, 1.165) is 19.3 Å². The molecule has 0 saturated heterocycles. The highest BCUT2D eigenvalue weighted by Crippen LogP contribution is 2.39. The number of aliphatic hydroxyl groups is 1. The van der Waals surface area contributed by atoms with Gasteiger partial charge in [-0.1, -0.05) is 18.9 Å². The van der Waals surface area contributed by atoms with Gasteiger partial charge in [-0.15, -0.1) is 11.3 Å². The molecule has 0 bridgehead atoms. The predicted molar refractivity (Wildman–Crippen MR) is 81.8 cm³/mol. The van der Waals surface area contributed by atoms with E-state index >= 15 is 0 Å². The van der Waals surface area contributed by atoms with Gasteiger partial charge in [0.05, 0.1) is 6.10 Å². The number of aryl methyl sites for hydroxylation is 1. The molecule has 0 spiro atoms. The minimum Gasteiger partial charge on any atom is -0.388 e. The summed E-state index contributed by atoms with van der Waals surface area (Å²) in [6.07, 6.45) is 13.2. The first-order valence-electron chi connectivity index (χ1n) is 7.79. The highest BCUT2D eigenvalue weighted by Gasteiger charge is 2.29. The number of hydrogen-bond acceptors (Lipinski definition) is 2. The van der Waals surface area contributed by atoms with Crippen LogP contribution < -0.4 is 0 Å². The second kappa shape index (κ2) is 6.23. The Labute approximate surface area is 120 Å². The largest absolute Gasteiger partial charge is 0.388 e. The molecule has 2 heteroatoms. The summed E-state index contributed by atoms with van der Waals surface area (Å²) in [4.78, 5) is 1.52. The number of hydrogen-bond donors (Lipinski definition) is 1. The van der Waals surface area contributed by atoms with Gasteiger partial charge in [0.2, 0.25) is 0 Å². The number of fused-ring (bicyclic) bond motifs is 1. The molecule has 19 heavy (non-hydrogen) atoms. The molecule has 1 aromatic rings. The van der Waals surface area contributed by atoms with Crippen LogP contribution in [0.2, 0.25) is 0 Å². The topological polar surface area (TPSA) is 20.2 Å². The lowest BCUT2D eigenvalue weighted by atomic mass is 9.79. The molecule has 2 aliphatic carbocycles. The molecule has 1 aromatic heterocycles. The second-order valence-electron chi connectivity index (χ2n) is 5.97. The molecule has 1 nitrogen and oxygen atoms in total. The molecule has 1 heterocycles. The van der Waals surface area contributed by atoms with Crippen molar-refractivity contribution in [3.63, 3.8) is 0 Å². The summed E-state index contributed by atoms with van der Waals surface area (Å²) in [7, 11) is 0. The van der Waals surface area contributed by atoms with Gasteiger partial charge >= 0.3 is 0 Å². The van der Waals surface area contributed by atoms with E-state index in [2.05, 4.69) is 17.5 Å². The maximum absolute atomic E-state index is 10.8. The molecular formula is C17H24OS. The summed E-state index contributed by atoms with van der Waals surface area (Å²) in [6.45, 7) is 0. The molecule has 0 fully saturated rings. The van der Waals surface area contributed by atoms with E-state index in [1.165, 1.54) is 54.5 Å². The Morgan fingerprint density at radius 1 is 1.11 bits per heavy atom. The van der Waals surface area contributed by atoms with Crippen molar-refractivity contribution in [2.75, 3.05) is 0 Å². The van der Waals surface area contributed by atoms with Gasteiger partial charge in [-0.3, -0.25) is 0 Å². The SMILES string of the molecule is OC(/C1=C/CCCCCC1)C1CCCc2sccc21. The van der Waals surface area contributed by atoms with Crippen molar-refractivity contribution in [2.24, 2.45) is 0 Å². The number of allylic oxidation sites excluding steroid dienone is 1. The normalized spacial score (nSPS) is 28.7. The van der Waals surface area contributed by atoms with E-state index in [0.29, 0.717) is 5.92 Å². The number of aliphatic hydroxyl groups excluding tert-OH is 1. The Balaban J connectivity index is 1.78. The summed E-state index contributed by atoms with van der Waals surface area (Å²) in [5.74, 6) is 0.362. The third-order valence-corrected chi connectivity index (χ3v) is 5.68. The van der Waals surface area contributed by atoms with Crippen LogP contribution in [-0.2, 0) is 6.42 Å². The average molecular weight is 276 g/mol. The highest BCUT2D eigenvalue weighted by atomic mass is 32.1. The van der Waals surface area contributed by atoms with Crippen LogP contribution in [0.5, 0.6) is 0 Å². The molecule has 2 unspecified atom stereocenters. The van der Waals surface area contributed by atoms with E-state index < -0.39 is 0 Å². The van der Waals surface area contributed by atoms with Crippen molar-refractivity contribution in [3.05, 3.63) is 33.5 Å². The monoisotopic (exact) mass is 276 g/mol. The van der Waals surface area contributed by atoms with Crippen LogP contribution in [0, 0.1) is 0 Å². The summed E-state index contributed by atoms with van der Waals surface area (Å²) >= 11 is 1.87. The van der Waals surface area contributed by atoms with Gasteiger partial charge in [0.1, 0.15) is 0 Å². The summed E-state index contributed by atoms with van der Waals surface area (Å²) in [5.41, 5.74) is 2.76. The van der Waals surface area contributed by atoms with Crippen molar-refractivity contribution in [1.82, 2.24) is 0 Å². The zero-order chi connectivity index (χ0) is 13.1. The Bertz CT molecular complexity index is 446. The van der Waals surface area contributed by atoms with E-state index in [1.54, 1.807) is 0 Å². The van der Waals surface area contributed by atoms with Crippen LogP contribution >= 0.6 is 11.3 Å². The predicted octanol–water partition coefficient (Wildman–Crippen LogP) is 4.81. The highest BCUT2D eigenvalue weighted by molar-refractivity contribution is 7.10. The van der Waals surface area contributed by atoms with Crippen LogP contribution in [0.1, 0.15) is 67.7 Å². The van der Waals surface area contributed by atoms with Gasteiger partial charge in [0.25, 0.3) is 0 Å². The van der Waals surface area contributed by atoms with Gasteiger partial charge in [-0.25, -0.2) is 0 Å². The van der Waals surface area contributed by atoms with Crippen molar-refractivity contribution < 1.29 is 5.11 Å². The summed E-state index contributed by atoms with van der Waals surface area (Å²) in [6, 6.07) is 2.25. The summed E-state index contributed by atoms with van der Waals surface area (Å²) in [5, 5.41) is 13.0. The minimum absolute atomic E-state index is 0.230. The smallest absolute Gasteiger partial charge is 0.0818 e. The molecule has 0 radical (unpaired) electrons. The van der Waals surface area contributed by atoms with Gasteiger partial charge in [-0.05, 0) is 67.5 Å². The maximum atomic E-state index is 10.8. The first-order chi connectivity index (χ1) is 9.36. The standard InChI is InChI=1S/C17H24OS/c18-17(13-7-4-2-1-3-5-8-13)15-9-6-10-16-14(15)11-12-19-16/h7,11-12,15,17-18H,1-6,8-10H2/b13-7+. The lowest BCUT2D eigenvalue weighted by Gasteiger charge is -2.29. The van der Waals surface area contributed by atoms with Crippen molar-refractivity contribution in [1.29, 1.82) is 0 Å². The third-order valence-electron chi connectivity index (χ3n) is 4.69. The Morgan fingerprint density at radius 2 is 2.00 bits per heavy atom. The Kier molecular flexibility index (Phi) is 4.39. The zero-order valence-electron chi connectivity index (χ0n) is 11.6. The Hall–Kier alpha value is -0.600. The quantitative estimate of drug-likeness (QED) is 0.769. The van der Waals surface area contributed by atoms with Crippen LogP contribution in [0.15, 0.2) is 23.1 Å². The summed E-state index contributed by atoms with van der Waals surface area (Å²) < 4.78 is 0. The first kappa shape index (κ1) is 13.4. The van der Waals surface area contributed by atoms with Crippen LogP contribution in [0.4, 0.5) is 0 Å². The van der Waals surface area contributed by atoms with Crippen molar-refractivity contribution >= 4 is 11.3 Å². The van der Waals surface area contributed by atoms with Gasteiger partial charge in [-0.2, -0.15) is 0 Å². The van der Waals surface area contributed by atoms with Crippen molar-refractivity contribution in [2.45, 2.75) is 69.8 Å². The molecule has 2 atom stereocenters. The lowest BCUT2D eigenvalue weighted by molar-refractivity contribution is 0.163. The molecule has 104 valence electrons. The fourth-order valence-electron chi connectivity index (χ4n) is 3.59. The van der Waals surface area contributed by atoms with Crippen LogP contribution in [0.3, 0.4) is 0 Å². The lowest BCUT2D eigenvalue weighted by Crippen LogP contribution is -2.24. The molecule has 0 aliphatic heterocycles. The van der Waals surface area contributed by atoms with Crippen LogP contribution in [0.25, 0.3) is 0 Å². The van der Waals surface area contributed by atoms with Gasteiger partial charge < -0.3 is 5.11 Å². The van der Waals surface area contributed by atoms with Crippen LogP contribution in [-0.4, -0.2) is 11.2 Å². The van der Waals surface area contributed by atoms with Gasteiger partial charge in [0.15, 0.2) is 0 Å². The molecule has 2 aliphatic rings. The molecule has 3 rings (SSSR count). The van der Waals surface area contributed by atoms with E-state index in [1.807, 2.05) is 11.3 Å². The maximum Gasteiger partial charge on any atom is 0.0818 e. The first-order valence-corrected chi connectivity index (χ1v) is 8.67. The van der Waals surface area contributed by atoms with E-state index in [4.69, 9.17) is 0 Å². The Morgan fingerprint density at radius 3 is 2.95 bits per heavy atom. The second-order valence-corrected chi connectivity index (χ2v) is 6.98. The molecule has 0 aromatic carbocycles. The molecule has 0 amide bonds. The molecular weight excluding hydrogens is 252 g/mol. The fourth-order valence-corrected chi connectivity index (χ4v) is 4.59. The molecule has 1 N–H and O–H groups in total. The number of rotatable bonds is 2.